The SMILES string of the molecule is C=Cc1ccc(OC(F)(F)F)c(-c2ccc(C(C)C)cc2)c1. The molecule has 0 atom stereocenters. The first kappa shape index (κ1) is 16.1. The van der Waals surface area contributed by atoms with Crippen LogP contribution < -0.4 is 4.74 Å². The van der Waals surface area contributed by atoms with Gasteiger partial charge in [-0.3, -0.25) is 0 Å². The van der Waals surface area contributed by atoms with Crippen LogP contribution in [0.2, 0.25) is 0 Å². The van der Waals surface area contributed by atoms with Crippen molar-refractivity contribution in [2.75, 3.05) is 0 Å². The summed E-state index contributed by atoms with van der Waals surface area (Å²) in [6, 6.07) is 11.9. The molecule has 0 heterocycles. The van der Waals surface area contributed by atoms with E-state index in [0.29, 0.717) is 17.0 Å². The largest absolute Gasteiger partial charge is 0.573 e. The van der Waals surface area contributed by atoms with E-state index < -0.39 is 6.36 Å². The van der Waals surface area contributed by atoms with Crippen LogP contribution in [0.25, 0.3) is 17.2 Å². The highest BCUT2D eigenvalue weighted by Crippen LogP contribution is 2.35. The van der Waals surface area contributed by atoms with Crippen LogP contribution in [0.1, 0.15) is 30.9 Å². The molecule has 22 heavy (non-hydrogen) atoms. The van der Waals surface area contributed by atoms with E-state index in [1.54, 1.807) is 30.3 Å². The summed E-state index contributed by atoms with van der Waals surface area (Å²) in [7, 11) is 0. The molecule has 0 fully saturated rings. The lowest BCUT2D eigenvalue weighted by Gasteiger charge is -2.15. The molecule has 0 unspecified atom stereocenters. The van der Waals surface area contributed by atoms with Gasteiger partial charge in [-0.15, -0.1) is 13.2 Å². The fraction of sp³-hybridized carbons (Fsp3) is 0.222. The summed E-state index contributed by atoms with van der Waals surface area (Å²) in [4.78, 5) is 0. The second kappa shape index (κ2) is 6.26. The molecule has 2 aromatic carbocycles. The van der Waals surface area contributed by atoms with E-state index in [9.17, 15) is 13.2 Å². The number of alkyl halides is 3. The molecule has 0 spiro atoms. The van der Waals surface area contributed by atoms with Gasteiger partial charge in [0.15, 0.2) is 0 Å². The van der Waals surface area contributed by atoms with E-state index in [-0.39, 0.29) is 5.75 Å². The molecule has 116 valence electrons. The van der Waals surface area contributed by atoms with Crippen LogP contribution >= 0.6 is 0 Å². The molecule has 4 heteroatoms. The number of benzene rings is 2. The maximum absolute atomic E-state index is 12.5. The Hall–Kier alpha value is -2.23. The molecule has 2 aromatic rings. The van der Waals surface area contributed by atoms with Crippen molar-refractivity contribution in [1.29, 1.82) is 0 Å². The highest BCUT2D eigenvalue weighted by atomic mass is 19.4. The first-order chi connectivity index (χ1) is 10.3. The molecule has 0 bridgehead atoms. The van der Waals surface area contributed by atoms with Gasteiger partial charge in [0.2, 0.25) is 0 Å². The predicted molar refractivity (Wildman–Crippen MR) is 82.7 cm³/mol. The molecular weight excluding hydrogens is 289 g/mol. The van der Waals surface area contributed by atoms with Gasteiger partial charge < -0.3 is 4.74 Å². The molecule has 0 N–H and O–H groups in total. The third-order valence-corrected chi connectivity index (χ3v) is 3.35. The van der Waals surface area contributed by atoms with Gasteiger partial charge in [-0.05, 0) is 34.7 Å². The van der Waals surface area contributed by atoms with E-state index >= 15 is 0 Å². The molecule has 0 saturated carbocycles. The van der Waals surface area contributed by atoms with Gasteiger partial charge in [0.1, 0.15) is 5.75 Å². The maximum Gasteiger partial charge on any atom is 0.573 e. The normalized spacial score (nSPS) is 11.5. The fourth-order valence-corrected chi connectivity index (χ4v) is 2.16. The Kier molecular flexibility index (Phi) is 4.59. The van der Waals surface area contributed by atoms with Gasteiger partial charge in [0.25, 0.3) is 0 Å². The van der Waals surface area contributed by atoms with Crippen molar-refractivity contribution in [3.05, 3.63) is 60.2 Å². The summed E-state index contributed by atoms with van der Waals surface area (Å²) in [5, 5.41) is 0. The lowest BCUT2D eigenvalue weighted by molar-refractivity contribution is -0.274. The van der Waals surface area contributed by atoms with Gasteiger partial charge in [-0.2, -0.15) is 0 Å². The van der Waals surface area contributed by atoms with E-state index in [4.69, 9.17) is 0 Å². The lowest BCUT2D eigenvalue weighted by atomic mass is 9.97. The number of hydrogen-bond donors (Lipinski definition) is 0. The molecule has 0 amide bonds. The quantitative estimate of drug-likeness (QED) is 0.671. The monoisotopic (exact) mass is 306 g/mol. The van der Waals surface area contributed by atoms with Crippen LogP contribution in [-0.2, 0) is 0 Å². The second-order valence-electron chi connectivity index (χ2n) is 5.28. The Labute approximate surface area is 128 Å². The van der Waals surface area contributed by atoms with E-state index in [1.165, 1.54) is 6.07 Å². The predicted octanol–water partition coefficient (Wildman–Crippen LogP) is 6.02. The molecule has 0 saturated heterocycles. The van der Waals surface area contributed by atoms with Gasteiger partial charge in [0.05, 0.1) is 0 Å². The molecule has 0 aromatic heterocycles. The van der Waals surface area contributed by atoms with Crippen LogP contribution in [0.4, 0.5) is 13.2 Å². The Morgan fingerprint density at radius 2 is 1.68 bits per heavy atom. The summed E-state index contributed by atoms with van der Waals surface area (Å²) in [5.74, 6) is 0.148. The number of rotatable bonds is 4. The van der Waals surface area contributed by atoms with E-state index in [0.717, 1.165) is 11.1 Å². The van der Waals surface area contributed by atoms with Crippen molar-refractivity contribution < 1.29 is 17.9 Å². The topological polar surface area (TPSA) is 9.23 Å². The number of hydrogen-bond acceptors (Lipinski definition) is 1. The Bertz CT molecular complexity index is 655. The maximum atomic E-state index is 12.5. The van der Waals surface area contributed by atoms with Gasteiger partial charge in [-0.1, -0.05) is 56.8 Å². The van der Waals surface area contributed by atoms with Crippen molar-refractivity contribution in [2.45, 2.75) is 26.1 Å². The van der Waals surface area contributed by atoms with Gasteiger partial charge in [0, 0.05) is 5.56 Å². The first-order valence-electron chi connectivity index (χ1n) is 6.92. The van der Waals surface area contributed by atoms with E-state index in [1.807, 2.05) is 12.1 Å². The summed E-state index contributed by atoms with van der Waals surface area (Å²) in [6.45, 7) is 7.77. The van der Waals surface area contributed by atoms with Crippen LogP contribution in [0.5, 0.6) is 5.75 Å². The molecule has 0 aliphatic heterocycles. The third kappa shape index (κ3) is 3.91. The Balaban J connectivity index is 2.48. The fourth-order valence-electron chi connectivity index (χ4n) is 2.16. The minimum absolute atomic E-state index is 0.213. The smallest absolute Gasteiger partial charge is 0.405 e. The molecular formula is C18H17F3O. The van der Waals surface area contributed by atoms with Crippen molar-refractivity contribution in [1.82, 2.24) is 0 Å². The Morgan fingerprint density at radius 3 is 2.18 bits per heavy atom. The molecule has 2 rings (SSSR count). The molecule has 0 aliphatic carbocycles. The molecule has 1 nitrogen and oxygen atoms in total. The van der Waals surface area contributed by atoms with Crippen LogP contribution in [0, 0.1) is 0 Å². The standard InChI is InChI=1S/C18H17F3O/c1-4-13-5-10-17(22-18(19,20)21)16(11-13)15-8-6-14(7-9-15)12(2)3/h4-12H,1H2,2-3H3. The van der Waals surface area contributed by atoms with Crippen LogP contribution in [-0.4, -0.2) is 6.36 Å². The Morgan fingerprint density at radius 1 is 1.05 bits per heavy atom. The van der Waals surface area contributed by atoms with Gasteiger partial charge >= 0.3 is 6.36 Å². The van der Waals surface area contributed by atoms with Crippen molar-refractivity contribution in [3.8, 4) is 16.9 Å². The summed E-state index contributed by atoms with van der Waals surface area (Å²) < 4.78 is 41.8. The second-order valence-corrected chi connectivity index (χ2v) is 5.28. The number of halogens is 3. The summed E-state index contributed by atoms with van der Waals surface area (Å²) in [5.41, 5.74) is 2.93. The zero-order chi connectivity index (χ0) is 16.3. The highest BCUT2D eigenvalue weighted by Gasteiger charge is 2.32. The molecule has 0 radical (unpaired) electrons. The average Bonchev–Trinajstić information content (AvgIpc) is 2.46. The minimum Gasteiger partial charge on any atom is -0.405 e. The van der Waals surface area contributed by atoms with E-state index in [2.05, 4.69) is 25.2 Å². The summed E-state index contributed by atoms with van der Waals surface area (Å²) in [6.07, 6.45) is -3.13. The van der Waals surface area contributed by atoms with Crippen molar-refractivity contribution in [3.63, 3.8) is 0 Å². The third-order valence-electron chi connectivity index (χ3n) is 3.35. The van der Waals surface area contributed by atoms with Crippen LogP contribution in [0.15, 0.2) is 49.0 Å². The minimum atomic E-state index is -4.72. The lowest BCUT2D eigenvalue weighted by Crippen LogP contribution is -2.17. The average molecular weight is 306 g/mol. The number of ether oxygens (including phenoxy) is 1. The zero-order valence-electron chi connectivity index (χ0n) is 12.4. The van der Waals surface area contributed by atoms with Crippen molar-refractivity contribution in [2.24, 2.45) is 0 Å². The molecule has 0 aliphatic rings. The van der Waals surface area contributed by atoms with Crippen LogP contribution in [0.3, 0.4) is 0 Å². The zero-order valence-corrected chi connectivity index (χ0v) is 12.4. The highest BCUT2D eigenvalue weighted by molar-refractivity contribution is 5.73. The summed E-state index contributed by atoms with van der Waals surface area (Å²) >= 11 is 0. The first-order valence-corrected chi connectivity index (χ1v) is 6.92. The van der Waals surface area contributed by atoms with Crippen molar-refractivity contribution >= 4 is 6.08 Å². The van der Waals surface area contributed by atoms with Gasteiger partial charge in [-0.25, -0.2) is 0 Å².